The summed E-state index contributed by atoms with van der Waals surface area (Å²) in [6.45, 7) is 1.45. The van der Waals surface area contributed by atoms with Gasteiger partial charge in [0.25, 0.3) is 0 Å². The van der Waals surface area contributed by atoms with Crippen LogP contribution < -0.4 is 11.1 Å². The third-order valence-corrected chi connectivity index (χ3v) is 3.86. The molecule has 4 atom stereocenters. The van der Waals surface area contributed by atoms with Gasteiger partial charge in [0.1, 0.15) is 23.9 Å². The molecule has 11 heteroatoms. The monoisotopic (exact) mass is 342 g/mol. The molecule has 2 unspecified atom stereocenters. The summed E-state index contributed by atoms with van der Waals surface area (Å²) >= 11 is 0. The predicted molar refractivity (Wildman–Crippen MR) is 80.1 cm³/mol. The number of carbonyl (C=O) groups is 2. The molecule has 1 saturated heterocycles. The summed E-state index contributed by atoms with van der Waals surface area (Å²) in [4.78, 5) is 25.0. The van der Waals surface area contributed by atoms with Gasteiger partial charge in [-0.05, 0) is 0 Å². The smallest absolute Gasteiger partial charge is 0.248 e. The minimum Gasteiger partial charge on any atom is -0.394 e. The normalized spacial score (nSPS) is 27.4. The lowest BCUT2D eigenvalue weighted by molar-refractivity contribution is -0.164. The fraction of sp³-hybridized carbons (Fsp3) is 0.692. The summed E-state index contributed by atoms with van der Waals surface area (Å²) in [7, 11) is 0. The van der Waals surface area contributed by atoms with Gasteiger partial charge in [0, 0.05) is 13.5 Å². The van der Waals surface area contributed by atoms with Crippen molar-refractivity contribution in [1.29, 1.82) is 0 Å². The average molecular weight is 342 g/mol. The predicted octanol–water partition coefficient (Wildman–Crippen LogP) is -3.83. The Labute approximate surface area is 138 Å². The van der Waals surface area contributed by atoms with Crippen LogP contribution in [0.2, 0.25) is 0 Å². The number of aliphatic hydroxyl groups is 3. The van der Waals surface area contributed by atoms with E-state index in [1.165, 1.54) is 16.5 Å². The van der Waals surface area contributed by atoms with Crippen molar-refractivity contribution >= 4 is 11.8 Å². The van der Waals surface area contributed by atoms with E-state index in [2.05, 4.69) is 15.6 Å². The number of amides is 2. The van der Waals surface area contributed by atoms with Crippen molar-refractivity contribution in [2.45, 2.75) is 44.3 Å². The zero-order valence-electron chi connectivity index (χ0n) is 13.2. The van der Waals surface area contributed by atoms with Crippen LogP contribution in [0.15, 0.2) is 6.20 Å². The minimum atomic E-state index is -1.51. The maximum Gasteiger partial charge on any atom is 0.248 e. The third kappa shape index (κ3) is 3.70. The van der Waals surface area contributed by atoms with E-state index in [-0.39, 0.29) is 6.54 Å². The van der Waals surface area contributed by atoms with Crippen molar-refractivity contribution in [3.05, 3.63) is 11.9 Å². The zero-order chi connectivity index (χ0) is 17.9. The molecule has 1 fully saturated rings. The maximum absolute atomic E-state index is 12.6. The highest BCUT2D eigenvalue weighted by molar-refractivity contribution is 5.88. The van der Waals surface area contributed by atoms with E-state index in [4.69, 9.17) is 5.73 Å². The highest BCUT2D eigenvalue weighted by Crippen LogP contribution is 2.22. The molecule has 1 aromatic rings. The second-order valence-electron chi connectivity index (χ2n) is 5.64. The third-order valence-electron chi connectivity index (χ3n) is 3.86. The van der Waals surface area contributed by atoms with Gasteiger partial charge in [-0.15, -0.1) is 5.10 Å². The maximum atomic E-state index is 12.6. The van der Waals surface area contributed by atoms with E-state index in [0.29, 0.717) is 18.8 Å². The number of nitrogens with two attached hydrogens (primary N) is 1. The zero-order valence-corrected chi connectivity index (χ0v) is 13.2. The number of piperidine rings is 1. The fourth-order valence-corrected chi connectivity index (χ4v) is 2.69. The Kier molecular flexibility index (Phi) is 5.83. The molecule has 2 rings (SSSR count). The number of likely N-dealkylation sites (tertiary alicyclic amines) is 1. The standard InChI is InChI=1S/C13H22N6O5/c1-7(21)15-10-12(23)11(22)9(6-20)19(13(10)24)5-8-4-18(3-2-14)17-16-8/h4,9-12,20,22-23H,2-3,5-6,14H2,1H3,(H,15,21)/t9?,10?,11-,12+/m0/s1. The molecule has 134 valence electrons. The van der Waals surface area contributed by atoms with Gasteiger partial charge in [-0.1, -0.05) is 5.21 Å². The molecule has 1 aromatic heterocycles. The molecular weight excluding hydrogens is 320 g/mol. The lowest BCUT2D eigenvalue weighted by atomic mass is 9.91. The van der Waals surface area contributed by atoms with Crippen LogP contribution in [0.25, 0.3) is 0 Å². The van der Waals surface area contributed by atoms with Gasteiger partial charge in [0.2, 0.25) is 11.8 Å². The quantitative estimate of drug-likeness (QED) is 0.350. The van der Waals surface area contributed by atoms with Crippen molar-refractivity contribution in [1.82, 2.24) is 25.2 Å². The topological polar surface area (TPSA) is 167 Å². The second-order valence-corrected chi connectivity index (χ2v) is 5.64. The molecule has 0 aromatic carbocycles. The van der Waals surface area contributed by atoms with E-state index >= 15 is 0 Å². The van der Waals surface area contributed by atoms with Gasteiger partial charge >= 0.3 is 0 Å². The molecule has 24 heavy (non-hydrogen) atoms. The molecule has 2 amide bonds. The Morgan fingerprint density at radius 2 is 2.12 bits per heavy atom. The molecule has 0 spiro atoms. The molecule has 1 aliphatic heterocycles. The van der Waals surface area contributed by atoms with Crippen LogP contribution in [-0.2, 0) is 22.7 Å². The number of nitrogens with zero attached hydrogens (tertiary/aromatic N) is 4. The molecular formula is C13H22N6O5. The summed E-state index contributed by atoms with van der Waals surface area (Å²) in [5.74, 6) is -1.13. The number of hydrogen-bond donors (Lipinski definition) is 5. The van der Waals surface area contributed by atoms with Gasteiger partial charge in [-0.3, -0.25) is 14.3 Å². The number of carbonyl (C=O) groups excluding carboxylic acids is 2. The summed E-state index contributed by atoms with van der Waals surface area (Å²) in [5, 5.41) is 39.8. The molecule has 0 bridgehead atoms. The first-order valence-electron chi connectivity index (χ1n) is 7.52. The largest absolute Gasteiger partial charge is 0.394 e. The molecule has 0 saturated carbocycles. The second kappa shape index (κ2) is 7.66. The number of rotatable bonds is 6. The lowest BCUT2D eigenvalue weighted by Gasteiger charge is -2.44. The van der Waals surface area contributed by atoms with Crippen molar-refractivity contribution < 1.29 is 24.9 Å². The van der Waals surface area contributed by atoms with Crippen LogP contribution in [0.5, 0.6) is 0 Å². The van der Waals surface area contributed by atoms with E-state index < -0.39 is 42.7 Å². The summed E-state index contributed by atoms with van der Waals surface area (Å²) in [6.07, 6.45) is -1.33. The van der Waals surface area contributed by atoms with Crippen molar-refractivity contribution in [3.63, 3.8) is 0 Å². The van der Waals surface area contributed by atoms with Gasteiger partial charge in [-0.2, -0.15) is 0 Å². The van der Waals surface area contributed by atoms with Crippen LogP contribution in [0.4, 0.5) is 0 Å². The Balaban J connectivity index is 2.22. The number of hydrogen-bond acceptors (Lipinski definition) is 8. The molecule has 0 radical (unpaired) electrons. The van der Waals surface area contributed by atoms with Gasteiger partial charge in [-0.25, -0.2) is 0 Å². The van der Waals surface area contributed by atoms with E-state index in [1.807, 2.05) is 0 Å². The Morgan fingerprint density at radius 1 is 1.42 bits per heavy atom. The van der Waals surface area contributed by atoms with Crippen molar-refractivity contribution in [3.8, 4) is 0 Å². The lowest BCUT2D eigenvalue weighted by Crippen LogP contribution is -2.68. The number of aromatic nitrogens is 3. The molecule has 11 nitrogen and oxygen atoms in total. The van der Waals surface area contributed by atoms with Crippen LogP contribution in [0.1, 0.15) is 12.6 Å². The fourth-order valence-electron chi connectivity index (χ4n) is 2.69. The Bertz CT molecular complexity index is 593. The highest BCUT2D eigenvalue weighted by atomic mass is 16.3. The molecule has 0 aliphatic carbocycles. The van der Waals surface area contributed by atoms with E-state index in [0.717, 1.165) is 0 Å². The van der Waals surface area contributed by atoms with Crippen LogP contribution >= 0.6 is 0 Å². The van der Waals surface area contributed by atoms with Gasteiger partial charge in [0.05, 0.1) is 31.9 Å². The number of aliphatic hydroxyl groups excluding tert-OH is 3. The van der Waals surface area contributed by atoms with Crippen molar-refractivity contribution in [2.75, 3.05) is 13.2 Å². The average Bonchev–Trinajstić information content (AvgIpc) is 2.97. The van der Waals surface area contributed by atoms with Crippen molar-refractivity contribution in [2.24, 2.45) is 5.73 Å². The minimum absolute atomic E-state index is 0.0332. The highest BCUT2D eigenvalue weighted by Gasteiger charge is 2.47. The molecule has 6 N–H and O–H groups in total. The first-order chi connectivity index (χ1) is 11.4. The van der Waals surface area contributed by atoms with Crippen LogP contribution in [0, 0.1) is 0 Å². The van der Waals surface area contributed by atoms with E-state index in [1.54, 1.807) is 6.20 Å². The van der Waals surface area contributed by atoms with Gasteiger partial charge in [0.15, 0.2) is 0 Å². The summed E-state index contributed by atoms with van der Waals surface area (Å²) in [5.41, 5.74) is 5.86. The SMILES string of the molecule is CC(=O)NC1C(=O)N(Cc2cn(CCN)nn2)C(CO)[C@H](O)[C@@H]1O. The van der Waals surface area contributed by atoms with Crippen LogP contribution in [0.3, 0.4) is 0 Å². The van der Waals surface area contributed by atoms with Gasteiger partial charge < -0.3 is 31.3 Å². The Morgan fingerprint density at radius 3 is 2.71 bits per heavy atom. The molecule has 2 heterocycles. The summed E-state index contributed by atoms with van der Waals surface area (Å²) in [6, 6.07) is -2.31. The first kappa shape index (κ1) is 18.3. The first-order valence-corrected chi connectivity index (χ1v) is 7.52. The van der Waals surface area contributed by atoms with E-state index in [9.17, 15) is 24.9 Å². The summed E-state index contributed by atoms with van der Waals surface area (Å²) < 4.78 is 1.51. The molecule has 1 aliphatic rings. The van der Waals surface area contributed by atoms with Crippen LogP contribution in [-0.4, -0.2) is 84.5 Å². The Hall–Kier alpha value is -2.08. The number of nitrogens with one attached hydrogen (secondary N) is 1.